The first-order chi connectivity index (χ1) is 7.61. The maximum Gasteiger partial charge on any atom is 0.345 e. The van der Waals surface area contributed by atoms with Crippen LogP contribution in [-0.4, -0.2) is 10.8 Å². The molecular formula is C11H10N2O3. The molecule has 16 heavy (non-hydrogen) atoms. The second-order valence-corrected chi connectivity index (χ2v) is 3.38. The Morgan fingerprint density at radius 2 is 2.19 bits per heavy atom. The zero-order chi connectivity index (χ0) is 11.7. The van der Waals surface area contributed by atoms with Crippen molar-refractivity contribution in [3.8, 4) is 5.75 Å². The summed E-state index contributed by atoms with van der Waals surface area (Å²) < 4.78 is 5.04. The van der Waals surface area contributed by atoms with Gasteiger partial charge in [0.2, 0.25) is 0 Å². The summed E-state index contributed by atoms with van der Waals surface area (Å²) in [5, 5.41) is 13.4. The van der Waals surface area contributed by atoms with Crippen LogP contribution in [0.25, 0.3) is 11.0 Å². The highest BCUT2D eigenvalue weighted by molar-refractivity contribution is 6.00. The summed E-state index contributed by atoms with van der Waals surface area (Å²) in [4.78, 5) is 11.6. The number of nitrogens with two attached hydrogens (primary N) is 1. The van der Waals surface area contributed by atoms with Gasteiger partial charge in [0.1, 0.15) is 11.3 Å². The fourth-order valence-corrected chi connectivity index (χ4v) is 1.42. The molecule has 1 heterocycles. The van der Waals surface area contributed by atoms with Crippen LogP contribution in [0.3, 0.4) is 0 Å². The minimum absolute atomic E-state index is 0.0487. The molecule has 0 unspecified atom stereocenters. The summed E-state index contributed by atoms with van der Waals surface area (Å²) in [6.45, 7) is 1.62. The lowest BCUT2D eigenvalue weighted by molar-refractivity contribution is 0.473. The van der Waals surface area contributed by atoms with E-state index in [2.05, 4.69) is 5.10 Å². The van der Waals surface area contributed by atoms with E-state index in [0.717, 1.165) is 0 Å². The van der Waals surface area contributed by atoms with Crippen molar-refractivity contribution in [2.24, 2.45) is 10.9 Å². The topological polar surface area (TPSA) is 88.8 Å². The number of phenols is 1. The van der Waals surface area contributed by atoms with Gasteiger partial charge in [0.05, 0.1) is 11.3 Å². The van der Waals surface area contributed by atoms with Gasteiger partial charge in [-0.05, 0) is 25.1 Å². The lowest BCUT2D eigenvalue weighted by Gasteiger charge is -2.01. The van der Waals surface area contributed by atoms with E-state index < -0.39 is 5.63 Å². The number of aromatic hydroxyl groups is 1. The number of benzene rings is 1. The molecule has 0 fully saturated rings. The van der Waals surface area contributed by atoms with E-state index in [4.69, 9.17) is 10.3 Å². The van der Waals surface area contributed by atoms with Crippen molar-refractivity contribution in [3.63, 3.8) is 0 Å². The van der Waals surface area contributed by atoms with Gasteiger partial charge in [-0.2, -0.15) is 5.10 Å². The second kappa shape index (κ2) is 3.69. The minimum Gasteiger partial charge on any atom is -0.508 e. The molecule has 0 spiro atoms. The summed E-state index contributed by atoms with van der Waals surface area (Å²) in [5.74, 6) is 5.16. The molecule has 3 N–H and O–H groups in total. The molecule has 2 aromatic rings. The summed E-state index contributed by atoms with van der Waals surface area (Å²) in [6, 6.07) is 6.18. The van der Waals surface area contributed by atoms with Gasteiger partial charge in [-0.1, -0.05) is 0 Å². The van der Waals surface area contributed by atoms with Crippen molar-refractivity contribution >= 4 is 16.7 Å². The van der Waals surface area contributed by atoms with Crippen LogP contribution in [0.2, 0.25) is 0 Å². The van der Waals surface area contributed by atoms with E-state index in [1.165, 1.54) is 12.1 Å². The van der Waals surface area contributed by atoms with Crippen LogP contribution in [0.4, 0.5) is 0 Å². The molecule has 0 aliphatic carbocycles. The van der Waals surface area contributed by atoms with E-state index >= 15 is 0 Å². The molecule has 2 rings (SSSR count). The Morgan fingerprint density at radius 1 is 1.44 bits per heavy atom. The molecule has 0 saturated carbocycles. The molecular weight excluding hydrogens is 208 g/mol. The lowest BCUT2D eigenvalue weighted by atomic mass is 10.1. The summed E-state index contributed by atoms with van der Waals surface area (Å²) >= 11 is 0. The van der Waals surface area contributed by atoms with Crippen LogP contribution < -0.4 is 11.5 Å². The third-order valence-corrected chi connectivity index (χ3v) is 2.30. The van der Waals surface area contributed by atoms with Gasteiger partial charge >= 0.3 is 5.63 Å². The van der Waals surface area contributed by atoms with Crippen molar-refractivity contribution in [3.05, 3.63) is 40.2 Å². The molecule has 0 bridgehead atoms. The maximum absolute atomic E-state index is 11.6. The van der Waals surface area contributed by atoms with Gasteiger partial charge < -0.3 is 15.4 Å². The SMILES string of the molecule is CC(=NN)c1cc2ccc(O)cc2oc1=O. The molecule has 0 atom stereocenters. The van der Waals surface area contributed by atoms with Crippen molar-refractivity contribution in [1.82, 2.24) is 0 Å². The molecule has 0 saturated heterocycles. The van der Waals surface area contributed by atoms with Gasteiger partial charge in [0.25, 0.3) is 0 Å². The average molecular weight is 218 g/mol. The van der Waals surface area contributed by atoms with Gasteiger partial charge in [-0.15, -0.1) is 0 Å². The Hall–Kier alpha value is -2.30. The molecule has 0 radical (unpaired) electrons. The predicted octanol–water partition coefficient (Wildman–Crippen LogP) is 1.18. The quantitative estimate of drug-likeness (QED) is 0.325. The Labute approximate surface area is 90.8 Å². The van der Waals surface area contributed by atoms with E-state index in [9.17, 15) is 9.90 Å². The van der Waals surface area contributed by atoms with Crippen molar-refractivity contribution < 1.29 is 9.52 Å². The number of hydrogen-bond donors (Lipinski definition) is 2. The first kappa shape index (κ1) is 10.2. The van der Waals surface area contributed by atoms with Gasteiger partial charge in [-0.25, -0.2) is 4.79 Å². The number of hydrazone groups is 1. The fraction of sp³-hybridized carbons (Fsp3) is 0.0909. The Morgan fingerprint density at radius 3 is 2.88 bits per heavy atom. The van der Waals surface area contributed by atoms with Crippen molar-refractivity contribution in [2.75, 3.05) is 0 Å². The molecule has 1 aromatic heterocycles. The van der Waals surface area contributed by atoms with Crippen molar-refractivity contribution in [2.45, 2.75) is 6.92 Å². The van der Waals surface area contributed by atoms with Crippen molar-refractivity contribution in [1.29, 1.82) is 0 Å². The molecule has 0 aliphatic heterocycles. The van der Waals surface area contributed by atoms with E-state index in [0.29, 0.717) is 22.2 Å². The predicted molar refractivity (Wildman–Crippen MR) is 60.5 cm³/mol. The number of hydrogen-bond acceptors (Lipinski definition) is 5. The van der Waals surface area contributed by atoms with Crippen LogP contribution in [0.1, 0.15) is 12.5 Å². The second-order valence-electron chi connectivity index (χ2n) is 3.38. The van der Waals surface area contributed by atoms with Crippen LogP contribution in [0, 0.1) is 0 Å². The maximum atomic E-state index is 11.6. The summed E-state index contributed by atoms with van der Waals surface area (Å²) in [6.07, 6.45) is 0. The fourth-order valence-electron chi connectivity index (χ4n) is 1.42. The summed E-state index contributed by atoms with van der Waals surface area (Å²) in [7, 11) is 0. The zero-order valence-corrected chi connectivity index (χ0v) is 8.60. The highest BCUT2D eigenvalue weighted by Crippen LogP contribution is 2.19. The minimum atomic E-state index is -0.523. The highest BCUT2D eigenvalue weighted by atomic mass is 16.4. The normalized spacial score (nSPS) is 11.9. The van der Waals surface area contributed by atoms with Crippen LogP contribution in [0.15, 0.2) is 38.6 Å². The monoisotopic (exact) mass is 218 g/mol. The zero-order valence-electron chi connectivity index (χ0n) is 8.60. The lowest BCUT2D eigenvalue weighted by Crippen LogP contribution is -2.13. The first-order valence-corrected chi connectivity index (χ1v) is 4.63. The van der Waals surface area contributed by atoms with Gasteiger partial charge in [0, 0.05) is 11.5 Å². The highest BCUT2D eigenvalue weighted by Gasteiger charge is 2.08. The Balaban J connectivity index is 2.77. The third-order valence-electron chi connectivity index (χ3n) is 2.30. The number of phenolic OH excluding ortho intramolecular Hbond substituents is 1. The van der Waals surface area contributed by atoms with E-state index in [1.807, 2.05) is 0 Å². The standard InChI is InChI=1S/C11H10N2O3/c1-6(13-12)9-4-7-2-3-8(14)5-10(7)16-11(9)15/h2-5,14H,12H2,1H3. The van der Waals surface area contributed by atoms with E-state index in [-0.39, 0.29) is 5.75 Å². The van der Waals surface area contributed by atoms with Gasteiger partial charge in [-0.3, -0.25) is 0 Å². The molecule has 5 heteroatoms. The van der Waals surface area contributed by atoms with Crippen LogP contribution >= 0.6 is 0 Å². The Bertz CT molecular complexity index is 629. The van der Waals surface area contributed by atoms with Crippen LogP contribution in [-0.2, 0) is 0 Å². The smallest absolute Gasteiger partial charge is 0.345 e. The number of fused-ring (bicyclic) bond motifs is 1. The third kappa shape index (κ3) is 1.63. The first-order valence-electron chi connectivity index (χ1n) is 4.63. The molecule has 5 nitrogen and oxygen atoms in total. The van der Waals surface area contributed by atoms with Gasteiger partial charge in [0.15, 0.2) is 0 Å². The Kier molecular flexibility index (Phi) is 2.36. The summed E-state index contributed by atoms with van der Waals surface area (Å²) in [5.41, 5.74) is 0.535. The average Bonchev–Trinajstić information content (AvgIpc) is 2.27. The number of nitrogens with zero attached hydrogens (tertiary/aromatic N) is 1. The molecule has 82 valence electrons. The van der Waals surface area contributed by atoms with E-state index in [1.54, 1.807) is 19.1 Å². The number of rotatable bonds is 1. The largest absolute Gasteiger partial charge is 0.508 e. The molecule has 0 aliphatic rings. The molecule has 0 amide bonds. The van der Waals surface area contributed by atoms with Crippen LogP contribution in [0.5, 0.6) is 5.75 Å². The molecule has 1 aromatic carbocycles.